The quantitative estimate of drug-likeness (QED) is 0.204. The van der Waals surface area contributed by atoms with Crippen LogP contribution in [0.5, 0.6) is 0 Å². The number of carboxylic acid groups (broad SMARTS) is 1. The average Bonchev–Trinajstić information content (AvgIpc) is 2.59. The third-order valence-electron chi connectivity index (χ3n) is 4.69. The molecule has 0 aliphatic rings. The third-order valence-corrected chi connectivity index (χ3v) is 4.69. The van der Waals surface area contributed by atoms with Crippen molar-refractivity contribution < 1.29 is 14.7 Å². The zero-order valence-electron chi connectivity index (χ0n) is 16.4. The van der Waals surface area contributed by atoms with Crippen LogP contribution in [0.4, 0.5) is 0 Å². The predicted octanol–water partition coefficient (Wildman–Crippen LogP) is 6.85. The summed E-state index contributed by atoms with van der Waals surface area (Å²) >= 11 is 0. The van der Waals surface area contributed by atoms with Crippen LogP contribution in [0.25, 0.3) is 0 Å². The van der Waals surface area contributed by atoms with Gasteiger partial charge in [0.2, 0.25) is 0 Å². The molecule has 0 fully saturated rings. The molecule has 146 valence electrons. The van der Waals surface area contributed by atoms with Crippen molar-refractivity contribution in [3.8, 4) is 0 Å². The van der Waals surface area contributed by atoms with Crippen molar-refractivity contribution in [3.05, 3.63) is 12.2 Å². The van der Waals surface area contributed by atoms with E-state index in [0.29, 0.717) is 6.42 Å². The number of rotatable bonds is 19. The lowest BCUT2D eigenvalue weighted by Gasteiger charge is -2.03. The van der Waals surface area contributed by atoms with Gasteiger partial charge in [-0.1, -0.05) is 103 Å². The van der Waals surface area contributed by atoms with Gasteiger partial charge in [-0.05, 0) is 12.5 Å². The van der Waals surface area contributed by atoms with Crippen molar-refractivity contribution in [2.75, 3.05) is 0 Å². The molecular formula is C22H40O3. The van der Waals surface area contributed by atoms with E-state index in [2.05, 4.69) is 6.92 Å². The summed E-state index contributed by atoms with van der Waals surface area (Å²) in [4.78, 5) is 21.6. The highest BCUT2D eigenvalue weighted by Crippen LogP contribution is 2.14. The van der Waals surface area contributed by atoms with Gasteiger partial charge in [0.05, 0.1) is 0 Å². The van der Waals surface area contributed by atoms with Crippen LogP contribution in [0.15, 0.2) is 12.2 Å². The smallest absolute Gasteiger partial charge is 0.328 e. The number of aliphatic carboxylic acids is 1. The fourth-order valence-corrected chi connectivity index (χ4v) is 3.09. The van der Waals surface area contributed by atoms with Crippen LogP contribution in [0.3, 0.4) is 0 Å². The maximum absolute atomic E-state index is 11.3. The van der Waals surface area contributed by atoms with Crippen LogP contribution in [0, 0.1) is 0 Å². The Balaban J connectivity index is 3.14. The summed E-state index contributed by atoms with van der Waals surface area (Å²) in [5, 5.41) is 8.44. The molecule has 25 heavy (non-hydrogen) atoms. The summed E-state index contributed by atoms with van der Waals surface area (Å²) in [5.74, 6) is -1.13. The molecule has 0 amide bonds. The molecule has 0 saturated carbocycles. The summed E-state index contributed by atoms with van der Waals surface area (Å²) in [6.45, 7) is 2.27. The van der Waals surface area contributed by atoms with Crippen LogP contribution in [-0.2, 0) is 9.59 Å². The van der Waals surface area contributed by atoms with Crippen molar-refractivity contribution >= 4 is 11.8 Å². The van der Waals surface area contributed by atoms with Crippen LogP contribution in [0.1, 0.15) is 116 Å². The molecule has 0 spiro atoms. The molecule has 1 N–H and O–H groups in total. The maximum Gasteiger partial charge on any atom is 0.328 e. The molecule has 0 atom stereocenters. The Hall–Kier alpha value is -1.12. The molecule has 0 rings (SSSR count). The molecule has 0 aliphatic heterocycles. The molecule has 0 aromatic heterocycles. The first-order valence-electron chi connectivity index (χ1n) is 10.6. The number of allylic oxidation sites excluding steroid dienone is 1. The Kier molecular flexibility index (Phi) is 18.3. The molecule has 3 heteroatoms. The largest absolute Gasteiger partial charge is 0.478 e. The molecule has 0 saturated heterocycles. The van der Waals surface area contributed by atoms with E-state index in [1.165, 1.54) is 96.0 Å². The van der Waals surface area contributed by atoms with Crippen molar-refractivity contribution in [1.82, 2.24) is 0 Å². The Morgan fingerprint density at radius 2 is 0.960 bits per heavy atom. The maximum atomic E-state index is 11.3. The highest BCUT2D eigenvalue weighted by Gasteiger charge is 1.98. The second-order valence-corrected chi connectivity index (χ2v) is 7.19. The fraction of sp³-hybridized carbons (Fsp3) is 0.818. The SMILES string of the molecule is CCCCCCCCCCCCCCCCCCC(=O)/C=C/C(=O)O. The van der Waals surface area contributed by atoms with Crippen LogP contribution < -0.4 is 0 Å². The van der Waals surface area contributed by atoms with Gasteiger partial charge in [0, 0.05) is 12.5 Å². The molecule has 0 aromatic carbocycles. The number of hydrogen-bond donors (Lipinski definition) is 1. The number of carboxylic acids is 1. The first-order valence-corrected chi connectivity index (χ1v) is 10.6. The second kappa shape index (κ2) is 19.2. The Bertz CT molecular complexity index is 347. The zero-order chi connectivity index (χ0) is 18.6. The highest BCUT2D eigenvalue weighted by molar-refractivity contribution is 5.95. The van der Waals surface area contributed by atoms with Gasteiger partial charge in [0.25, 0.3) is 0 Å². The Morgan fingerprint density at radius 1 is 0.600 bits per heavy atom. The lowest BCUT2D eigenvalue weighted by Crippen LogP contribution is -1.95. The summed E-state index contributed by atoms with van der Waals surface area (Å²) in [6.07, 6.45) is 23.6. The molecule has 0 heterocycles. The molecule has 0 radical (unpaired) electrons. The summed E-state index contributed by atoms with van der Waals surface area (Å²) < 4.78 is 0. The monoisotopic (exact) mass is 352 g/mol. The summed E-state index contributed by atoms with van der Waals surface area (Å²) in [6, 6.07) is 0. The molecule has 0 aliphatic carbocycles. The van der Waals surface area contributed by atoms with E-state index in [1.54, 1.807) is 0 Å². The van der Waals surface area contributed by atoms with Gasteiger partial charge < -0.3 is 5.11 Å². The van der Waals surface area contributed by atoms with Crippen molar-refractivity contribution in [2.24, 2.45) is 0 Å². The Labute approximate surface area is 155 Å². The Morgan fingerprint density at radius 3 is 1.32 bits per heavy atom. The van der Waals surface area contributed by atoms with E-state index in [4.69, 9.17) is 5.11 Å². The van der Waals surface area contributed by atoms with Gasteiger partial charge >= 0.3 is 5.97 Å². The van der Waals surface area contributed by atoms with Crippen LogP contribution in [0.2, 0.25) is 0 Å². The van der Waals surface area contributed by atoms with Gasteiger partial charge in [-0.3, -0.25) is 4.79 Å². The van der Waals surface area contributed by atoms with E-state index >= 15 is 0 Å². The van der Waals surface area contributed by atoms with Gasteiger partial charge in [-0.25, -0.2) is 4.79 Å². The fourth-order valence-electron chi connectivity index (χ4n) is 3.09. The van der Waals surface area contributed by atoms with Crippen molar-refractivity contribution in [2.45, 2.75) is 116 Å². The van der Waals surface area contributed by atoms with E-state index in [1.807, 2.05) is 0 Å². The van der Waals surface area contributed by atoms with Crippen LogP contribution in [-0.4, -0.2) is 16.9 Å². The average molecular weight is 353 g/mol. The van der Waals surface area contributed by atoms with Gasteiger partial charge in [-0.2, -0.15) is 0 Å². The number of unbranched alkanes of at least 4 members (excludes halogenated alkanes) is 15. The third kappa shape index (κ3) is 20.8. The van der Waals surface area contributed by atoms with Gasteiger partial charge in [-0.15, -0.1) is 0 Å². The van der Waals surface area contributed by atoms with Gasteiger partial charge in [0.15, 0.2) is 5.78 Å². The van der Waals surface area contributed by atoms with E-state index < -0.39 is 5.97 Å². The van der Waals surface area contributed by atoms with Crippen molar-refractivity contribution in [1.29, 1.82) is 0 Å². The molecule has 0 bridgehead atoms. The minimum Gasteiger partial charge on any atom is -0.478 e. The summed E-state index contributed by atoms with van der Waals surface area (Å²) in [7, 11) is 0. The minimum atomic E-state index is -1.06. The first kappa shape index (κ1) is 23.9. The number of hydrogen-bond acceptors (Lipinski definition) is 2. The highest BCUT2D eigenvalue weighted by atomic mass is 16.4. The van der Waals surface area contributed by atoms with E-state index in [9.17, 15) is 9.59 Å². The topological polar surface area (TPSA) is 54.4 Å². The molecular weight excluding hydrogens is 312 g/mol. The lowest BCUT2D eigenvalue weighted by atomic mass is 10.0. The molecule has 3 nitrogen and oxygen atoms in total. The zero-order valence-corrected chi connectivity index (χ0v) is 16.4. The predicted molar refractivity (Wildman–Crippen MR) is 106 cm³/mol. The van der Waals surface area contributed by atoms with E-state index in [0.717, 1.165) is 18.9 Å². The standard InChI is InChI=1S/C22H40O3/c1-2-3-4-5-6-7-8-9-10-11-12-13-14-15-16-17-18-21(23)19-20-22(24)25/h19-20H,2-18H2,1H3,(H,24,25)/b20-19+. The van der Waals surface area contributed by atoms with Crippen LogP contribution >= 0.6 is 0 Å². The second-order valence-electron chi connectivity index (χ2n) is 7.19. The van der Waals surface area contributed by atoms with Gasteiger partial charge in [0.1, 0.15) is 0 Å². The molecule has 0 aromatic rings. The minimum absolute atomic E-state index is 0.0761. The lowest BCUT2D eigenvalue weighted by molar-refractivity contribution is -0.131. The normalized spacial score (nSPS) is 11.2. The summed E-state index contributed by atoms with van der Waals surface area (Å²) in [5.41, 5.74) is 0. The number of carbonyl (C=O) groups is 2. The van der Waals surface area contributed by atoms with Crippen molar-refractivity contribution in [3.63, 3.8) is 0 Å². The first-order chi connectivity index (χ1) is 12.2. The van der Waals surface area contributed by atoms with E-state index in [-0.39, 0.29) is 5.78 Å². The number of carbonyl (C=O) groups excluding carboxylic acids is 1. The number of ketones is 1. The molecule has 0 unspecified atom stereocenters.